The summed E-state index contributed by atoms with van der Waals surface area (Å²) in [5.74, 6) is 0.0570. The van der Waals surface area contributed by atoms with Crippen LogP contribution >= 0.6 is 0 Å². The Hall–Kier alpha value is -4.63. The molecule has 1 amide bonds. The lowest BCUT2D eigenvalue weighted by molar-refractivity contribution is -0.143. The summed E-state index contributed by atoms with van der Waals surface area (Å²) in [4.78, 5) is 38.0. The van der Waals surface area contributed by atoms with Gasteiger partial charge in [-0.25, -0.2) is 4.79 Å². The Labute approximate surface area is 232 Å². The van der Waals surface area contributed by atoms with Crippen molar-refractivity contribution in [2.45, 2.75) is 26.8 Å². The summed E-state index contributed by atoms with van der Waals surface area (Å²) in [5, 5.41) is 9.83. The molecule has 210 valence electrons. The largest absolute Gasteiger partial charge is 0.508 e. The normalized spacial score (nSPS) is 11.2. The van der Waals surface area contributed by atoms with E-state index in [4.69, 9.17) is 18.6 Å². The number of carbonyl (C=O) groups excluding carboxylic acids is 2. The number of amides is 1. The smallest absolute Gasteiger partial charge is 0.328 e. The summed E-state index contributed by atoms with van der Waals surface area (Å²) in [7, 11) is 4.35. The van der Waals surface area contributed by atoms with Gasteiger partial charge in [-0.05, 0) is 61.7 Å². The van der Waals surface area contributed by atoms with Crippen molar-refractivity contribution < 1.29 is 33.3 Å². The van der Waals surface area contributed by atoms with Crippen molar-refractivity contribution in [3.63, 3.8) is 0 Å². The molecular weight excluding hydrogens is 514 g/mol. The van der Waals surface area contributed by atoms with E-state index in [0.29, 0.717) is 16.5 Å². The molecule has 1 aromatic heterocycles. The van der Waals surface area contributed by atoms with Gasteiger partial charge >= 0.3 is 5.97 Å². The van der Waals surface area contributed by atoms with Gasteiger partial charge in [0.05, 0.1) is 30.9 Å². The van der Waals surface area contributed by atoms with Gasteiger partial charge in [0.15, 0.2) is 5.43 Å². The third-order valence-corrected chi connectivity index (χ3v) is 6.31. The highest BCUT2D eigenvalue weighted by Crippen LogP contribution is 2.27. The van der Waals surface area contributed by atoms with Crippen molar-refractivity contribution in [2.24, 2.45) is 0 Å². The summed E-state index contributed by atoms with van der Waals surface area (Å²) in [6.45, 7) is 5.36. The molecule has 0 saturated carbocycles. The molecule has 3 aromatic carbocycles. The summed E-state index contributed by atoms with van der Waals surface area (Å²) < 4.78 is 20.2. The predicted octanol–water partition coefficient (Wildman–Crippen LogP) is 5.02. The number of phenolic OH excluding ortho intramolecular Hbond substituents is 1. The number of phenols is 1. The zero-order valence-electron chi connectivity index (χ0n) is 23.4. The SMILES string of the molecule is COCC(=O)N(c1c(C)cccc1C)C(C)C(=O)OC.COc1ccc(-c2coc3cc(O)ccc3c2=O)cc1. The molecule has 9 nitrogen and oxygen atoms in total. The Morgan fingerprint density at radius 1 is 0.975 bits per heavy atom. The lowest BCUT2D eigenvalue weighted by atomic mass is 10.1. The third-order valence-electron chi connectivity index (χ3n) is 6.31. The summed E-state index contributed by atoms with van der Waals surface area (Å²) in [6.07, 6.45) is 1.41. The number of hydrogen-bond donors (Lipinski definition) is 1. The van der Waals surface area contributed by atoms with E-state index in [1.165, 1.54) is 37.5 Å². The molecule has 1 N–H and O–H groups in total. The summed E-state index contributed by atoms with van der Waals surface area (Å²) in [6, 6.07) is 16.6. The van der Waals surface area contributed by atoms with Gasteiger partial charge in [0.1, 0.15) is 36.0 Å². The van der Waals surface area contributed by atoms with E-state index in [-0.39, 0.29) is 23.7 Å². The molecule has 1 unspecified atom stereocenters. The van der Waals surface area contributed by atoms with Crippen LogP contribution < -0.4 is 15.1 Å². The number of rotatable bonds is 7. The minimum absolute atomic E-state index is 0.0675. The van der Waals surface area contributed by atoms with E-state index < -0.39 is 12.0 Å². The van der Waals surface area contributed by atoms with E-state index in [1.54, 1.807) is 44.4 Å². The van der Waals surface area contributed by atoms with Gasteiger partial charge in [-0.15, -0.1) is 0 Å². The van der Waals surface area contributed by atoms with Crippen LogP contribution in [0.2, 0.25) is 0 Å². The molecule has 0 fully saturated rings. The molecule has 0 aliphatic carbocycles. The Bertz CT molecular complexity index is 1520. The van der Waals surface area contributed by atoms with Gasteiger partial charge < -0.3 is 23.7 Å². The van der Waals surface area contributed by atoms with Gasteiger partial charge in [0.25, 0.3) is 5.91 Å². The average molecular weight is 548 g/mol. The Balaban J connectivity index is 0.000000220. The Morgan fingerprint density at radius 2 is 1.62 bits per heavy atom. The van der Waals surface area contributed by atoms with Crippen LogP contribution in [-0.2, 0) is 19.1 Å². The Morgan fingerprint density at radius 3 is 2.20 bits per heavy atom. The molecule has 1 heterocycles. The second-order valence-electron chi connectivity index (χ2n) is 9.02. The van der Waals surface area contributed by atoms with Crippen LogP contribution in [0.3, 0.4) is 0 Å². The van der Waals surface area contributed by atoms with E-state index in [1.807, 2.05) is 32.0 Å². The second kappa shape index (κ2) is 13.4. The van der Waals surface area contributed by atoms with Crippen LogP contribution in [-0.4, -0.2) is 51.0 Å². The maximum Gasteiger partial charge on any atom is 0.328 e. The number of fused-ring (bicyclic) bond motifs is 1. The molecule has 40 heavy (non-hydrogen) atoms. The Kier molecular flexibility index (Phi) is 10.1. The van der Waals surface area contributed by atoms with Crippen molar-refractivity contribution in [3.05, 3.63) is 88.3 Å². The molecule has 0 radical (unpaired) electrons. The van der Waals surface area contributed by atoms with E-state index in [2.05, 4.69) is 0 Å². The first-order chi connectivity index (χ1) is 19.1. The minimum atomic E-state index is -0.706. The van der Waals surface area contributed by atoms with Crippen LogP contribution in [0.1, 0.15) is 18.1 Å². The molecule has 0 bridgehead atoms. The minimum Gasteiger partial charge on any atom is -0.508 e. The van der Waals surface area contributed by atoms with Crippen molar-refractivity contribution in [1.82, 2.24) is 0 Å². The number of ether oxygens (including phenoxy) is 3. The van der Waals surface area contributed by atoms with Crippen molar-refractivity contribution in [1.29, 1.82) is 0 Å². The number of aromatic hydroxyl groups is 1. The highest BCUT2D eigenvalue weighted by atomic mass is 16.5. The number of nitrogens with zero attached hydrogens (tertiary/aromatic N) is 1. The van der Waals surface area contributed by atoms with Gasteiger partial charge in [0, 0.05) is 13.2 Å². The first-order valence-corrected chi connectivity index (χ1v) is 12.5. The average Bonchev–Trinajstić information content (AvgIpc) is 2.95. The first-order valence-electron chi connectivity index (χ1n) is 12.5. The lowest BCUT2D eigenvalue weighted by Gasteiger charge is -2.30. The lowest BCUT2D eigenvalue weighted by Crippen LogP contribution is -2.46. The maximum absolute atomic E-state index is 12.4. The van der Waals surface area contributed by atoms with Crippen molar-refractivity contribution in [2.75, 3.05) is 32.8 Å². The fourth-order valence-electron chi connectivity index (χ4n) is 4.28. The molecule has 4 aromatic rings. The van der Waals surface area contributed by atoms with Crippen LogP contribution in [0.15, 0.2) is 76.1 Å². The molecule has 1 atom stereocenters. The van der Waals surface area contributed by atoms with Gasteiger partial charge in [0.2, 0.25) is 0 Å². The van der Waals surface area contributed by atoms with Gasteiger partial charge in [-0.2, -0.15) is 0 Å². The monoisotopic (exact) mass is 547 g/mol. The van der Waals surface area contributed by atoms with Gasteiger partial charge in [-0.1, -0.05) is 30.3 Å². The zero-order chi connectivity index (χ0) is 29.4. The number of aryl methyl sites for hydroxylation is 2. The number of para-hydroxylation sites is 1. The third kappa shape index (κ3) is 6.68. The van der Waals surface area contributed by atoms with Crippen molar-refractivity contribution >= 4 is 28.5 Å². The molecule has 0 aliphatic heterocycles. The first kappa shape index (κ1) is 29.9. The number of esters is 1. The topological polar surface area (TPSA) is 116 Å². The maximum atomic E-state index is 12.4. The molecule has 0 aliphatic rings. The highest BCUT2D eigenvalue weighted by molar-refractivity contribution is 6.01. The van der Waals surface area contributed by atoms with Crippen LogP contribution in [0.5, 0.6) is 11.5 Å². The quantitative estimate of drug-likeness (QED) is 0.321. The van der Waals surface area contributed by atoms with E-state index >= 15 is 0 Å². The number of methoxy groups -OCH3 is 3. The predicted molar refractivity (Wildman–Crippen MR) is 153 cm³/mol. The van der Waals surface area contributed by atoms with Gasteiger partial charge in [-0.3, -0.25) is 14.5 Å². The fraction of sp³-hybridized carbons (Fsp3) is 0.258. The molecule has 9 heteroatoms. The second-order valence-corrected chi connectivity index (χ2v) is 9.02. The molecule has 0 saturated heterocycles. The number of anilines is 1. The van der Waals surface area contributed by atoms with E-state index in [0.717, 1.165) is 28.1 Å². The molecule has 0 spiro atoms. The molecular formula is C31H33NO8. The van der Waals surface area contributed by atoms with Crippen LogP contribution in [0.4, 0.5) is 5.69 Å². The summed E-state index contributed by atoms with van der Waals surface area (Å²) >= 11 is 0. The zero-order valence-corrected chi connectivity index (χ0v) is 23.4. The molecule has 4 rings (SSSR count). The van der Waals surface area contributed by atoms with E-state index in [9.17, 15) is 19.5 Å². The number of carbonyl (C=O) groups is 2. The van der Waals surface area contributed by atoms with Crippen LogP contribution in [0.25, 0.3) is 22.1 Å². The summed E-state index contributed by atoms with van der Waals surface area (Å²) in [5.41, 5.74) is 4.05. The van der Waals surface area contributed by atoms with Crippen molar-refractivity contribution in [3.8, 4) is 22.6 Å². The van der Waals surface area contributed by atoms with Crippen LogP contribution in [0, 0.1) is 13.8 Å². The number of benzene rings is 3. The highest BCUT2D eigenvalue weighted by Gasteiger charge is 2.29. The number of hydrogen-bond acceptors (Lipinski definition) is 8. The fourth-order valence-corrected chi connectivity index (χ4v) is 4.28. The standard InChI is InChI=1S/C16H12O4.C15H21NO4/c1-19-12-5-2-10(3-6-12)14-9-20-15-8-11(17)4-7-13(15)16(14)18;1-10-7-6-8-11(2)14(10)16(13(17)9-19-4)12(3)15(18)20-5/h2-9,17H,1H3;6-8,12H,9H2,1-5H3.